The number of anilines is 3. The van der Waals surface area contributed by atoms with Gasteiger partial charge in [-0.3, -0.25) is 4.79 Å². The number of hydrogen-bond donors (Lipinski definition) is 3. The largest absolute Gasteiger partial charge is 0.462 e. The fourth-order valence-corrected chi connectivity index (χ4v) is 6.51. The summed E-state index contributed by atoms with van der Waals surface area (Å²) in [5, 5.41) is 9.70. The first-order valence-corrected chi connectivity index (χ1v) is 15.1. The molecule has 1 aromatic carbocycles. The Bertz CT molecular complexity index is 1170. The van der Waals surface area contributed by atoms with Crippen molar-refractivity contribution in [3.63, 3.8) is 0 Å². The third kappa shape index (κ3) is 7.68. The van der Waals surface area contributed by atoms with E-state index in [2.05, 4.69) is 22.9 Å². The number of hydrogen-bond acceptors (Lipinski definition) is 8. The Balaban J connectivity index is 2.29. The van der Waals surface area contributed by atoms with Gasteiger partial charge in [-0.15, -0.1) is 11.3 Å². The maximum atomic E-state index is 13.1. The summed E-state index contributed by atoms with van der Waals surface area (Å²) in [6, 6.07) is 4.87. The van der Waals surface area contributed by atoms with Gasteiger partial charge in [0.15, 0.2) is 0 Å². The highest BCUT2D eigenvalue weighted by atomic mass is 32.2. The van der Waals surface area contributed by atoms with E-state index in [1.54, 1.807) is 39.0 Å². The Morgan fingerprint density at radius 2 is 1.73 bits per heavy atom. The number of rotatable bonds is 15. The number of nitrogens with one attached hydrogen (secondary N) is 3. The molecule has 9 nitrogen and oxygen atoms in total. The van der Waals surface area contributed by atoms with Gasteiger partial charge in [-0.1, -0.05) is 34.1 Å². The van der Waals surface area contributed by atoms with Crippen molar-refractivity contribution >= 4 is 49.6 Å². The summed E-state index contributed by atoms with van der Waals surface area (Å²) in [6.07, 6.45) is 2.69. The average Bonchev–Trinajstić information content (AvgIpc) is 3.18. The number of esters is 1. The van der Waals surface area contributed by atoms with Crippen LogP contribution in [0.15, 0.2) is 23.1 Å². The highest BCUT2D eigenvalue weighted by molar-refractivity contribution is 7.89. The summed E-state index contributed by atoms with van der Waals surface area (Å²) in [6.45, 7) is 12.8. The molecule has 0 spiro atoms. The third-order valence-electron chi connectivity index (χ3n) is 5.92. The van der Waals surface area contributed by atoms with E-state index in [1.807, 2.05) is 13.8 Å². The second-order valence-corrected chi connectivity index (χ2v) is 11.5. The first-order chi connectivity index (χ1) is 17.6. The second-order valence-electron chi connectivity index (χ2n) is 8.41. The number of sulfonamides is 1. The molecule has 0 saturated heterocycles. The lowest BCUT2D eigenvalue weighted by atomic mass is 10.1. The summed E-state index contributed by atoms with van der Waals surface area (Å²) in [5.74, 6) is -0.818. The summed E-state index contributed by atoms with van der Waals surface area (Å²) in [5.41, 5.74) is 2.42. The Labute approximate surface area is 225 Å². The number of nitrogens with zero attached hydrogens (tertiary/aromatic N) is 1. The van der Waals surface area contributed by atoms with Gasteiger partial charge < -0.3 is 20.7 Å². The van der Waals surface area contributed by atoms with Crippen LogP contribution in [-0.2, 0) is 26.0 Å². The molecule has 0 unspecified atom stereocenters. The van der Waals surface area contributed by atoms with Crippen LogP contribution in [0.4, 0.5) is 16.4 Å². The van der Waals surface area contributed by atoms with Crippen LogP contribution in [0.3, 0.4) is 0 Å². The van der Waals surface area contributed by atoms with Crippen molar-refractivity contribution in [3.05, 3.63) is 34.2 Å². The Hall–Kier alpha value is -2.63. The maximum Gasteiger partial charge on any atom is 0.341 e. The topological polar surface area (TPSA) is 117 Å². The SMILES string of the molecule is CCCCNc1ccc(S(=O)(=O)N(CC)CC)cc1NCC(=O)Nc1sc(CC)c(C)c1C(=O)OCC. The van der Waals surface area contributed by atoms with Crippen LogP contribution in [0.1, 0.15) is 68.3 Å². The van der Waals surface area contributed by atoms with Crippen LogP contribution in [0.2, 0.25) is 0 Å². The van der Waals surface area contributed by atoms with Crippen molar-refractivity contribution < 1.29 is 22.7 Å². The molecule has 206 valence electrons. The molecule has 0 radical (unpaired) electrons. The molecule has 11 heteroatoms. The second kappa shape index (κ2) is 14.3. The van der Waals surface area contributed by atoms with Gasteiger partial charge in [-0.05, 0) is 50.5 Å². The fourth-order valence-electron chi connectivity index (χ4n) is 3.88. The standard InChI is InChI=1S/C26H40N4O5S2/c1-7-12-15-27-20-14-13-19(37(33,34)30(9-3)10-4)16-21(20)28-17-23(31)29-25-24(26(32)35-11-5)18(6)22(8-2)36-25/h13-14,16,27-28H,7-12,15,17H2,1-6H3,(H,29,31). The van der Waals surface area contributed by atoms with E-state index in [0.29, 0.717) is 35.0 Å². The normalized spacial score (nSPS) is 11.4. The van der Waals surface area contributed by atoms with Gasteiger partial charge in [-0.2, -0.15) is 4.31 Å². The number of thiophene rings is 1. The van der Waals surface area contributed by atoms with E-state index in [0.717, 1.165) is 36.2 Å². The molecule has 1 amide bonds. The van der Waals surface area contributed by atoms with E-state index in [-0.39, 0.29) is 24.0 Å². The van der Waals surface area contributed by atoms with Crippen molar-refractivity contribution in [1.29, 1.82) is 0 Å². The van der Waals surface area contributed by atoms with Crippen molar-refractivity contribution in [1.82, 2.24) is 4.31 Å². The minimum atomic E-state index is -3.66. The number of benzene rings is 1. The molecule has 0 atom stereocenters. The van der Waals surface area contributed by atoms with Crippen LogP contribution in [-0.4, -0.2) is 57.4 Å². The first kappa shape index (κ1) is 30.6. The van der Waals surface area contributed by atoms with E-state index in [9.17, 15) is 18.0 Å². The average molecular weight is 553 g/mol. The van der Waals surface area contributed by atoms with Gasteiger partial charge in [0.1, 0.15) is 5.00 Å². The molecule has 37 heavy (non-hydrogen) atoms. The zero-order valence-electron chi connectivity index (χ0n) is 22.7. The molecule has 0 fully saturated rings. The lowest BCUT2D eigenvalue weighted by molar-refractivity contribution is -0.114. The molecule has 0 aliphatic heterocycles. The van der Waals surface area contributed by atoms with Crippen LogP contribution >= 0.6 is 11.3 Å². The number of carbonyl (C=O) groups is 2. The zero-order valence-corrected chi connectivity index (χ0v) is 24.3. The summed E-state index contributed by atoms with van der Waals surface area (Å²) in [4.78, 5) is 26.6. The molecule has 2 aromatic rings. The molecular formula is C26H40N4O5S2. The monoisotopic (exact) mass is 552 g/mol. The molecule has 0 aliphatic rings. The van der Waals surface area contributed by atoms with E-state index >= 15 is 0 Å². The predicted molar refractivity (Wildman–Crippen MR) is 151 cm³/mol. The number of aryl methyl sites for hydroxylation is 1. The maximum absolute atomic E-state index is 13.1. The van der Waals surface area contributed by atoms with Gasteiger partial charge in [0, 0.05) is 24.5 Å². The zero-order chi connectivity index (χ0) is 27.6. The molecular weight excluding hydrogens is 512 g/mol. The smallest absolute Gasteiger partial charge is 0.341 e. The van der Waals surface area contributed by atoms with Crippen molar-refractivity contribution in [2.75, 3.05) is 48.7 Å². The van der Waals surface area contributed by atoms with Gasteiger partial charge >= 0.3 is 5.97 Å². The number of amides is 1. The minimum Gasteiger partial charge on any atom is -0.462 e. The Kier molecular flexibility index (Phi) is 11.9. The van der Waals surface area contributed by atoms with Gasteiger partial charge in [0.2, 0.25) is 15.9 Å². The highest BCUT2D eigenvalue weighted by Crippen LogP contribution is 2.34. The van der Waals surface area contributed by atoms with Crippen LogP contribution in [0.25, 0.3) is 0 Å². The quantitative estimate of drug-likeness (QED) is 0.208. The van der Waals surface area contributed by atoms with Crippen LogP contribution < -0.4 is 16.0 Å². The molecule has 1 heterocycles. The van der Waals surface area contributed by atoms with Gasteiger partial charge in [0.05, 0.1) is 35.0 Å². The number of ether oxygens (including phenoxy) is 1. The summed E-state index contributed by atoms with van der Waals surface area (Å²) < 4.78 is 32.7. The molecule has 2 rings (SSSR count). The third-order valence-corrected chi connectivity index (χ3v) is 9.32. The first-order valence-electron chi connectivity index (χ1n) is 12.8. The van der Waals surface area contributed by atoms with Gasteiger partial charge in [-0.25, -0.2) is 13.2 Å². The molecule has 0 saturated carbocycles. The highest BCUT2D eigenvalue weighted by Gasteiger charge is 2.24. The fraction of sp³-hybridized carbons (Fsp3) is 0.538. The molecule has 3 N–H and O–H groups in total. The number of carbonyl (C=O) groups excluding carboxylic acids is 2. The molecule has 0 aliphatic carbocycles. The lowest BCUT2D eigenvalue weighted by Gasteiger charge is -2.20. The molecule has 1 aromatic heterocycles. The Morgan fingerprint density at radius 3 is 2.32 bits per heavy atom. The summed E-state index contributed by atoms with van der Waals surface area (Å²) in [7, 11) is -3.66. The van der Waals surface area contributed by atoms with E-state index < -0.39 is 16.0 Å². The van der Waals surface area contributed by atoms with Crippen LogP contribution in [0, 0.1) is 6.92 Å². The number of unbranched alkanes of at least 4 members (excludes halogenated alkanes) is 1. The van der Waals surface area contributed by atoms with Crippen LogP contribution in [0.5, 0.6) is 0 Å². The van der Waals surface area contributed by atoms with Crippen molar-refractivity contribution in [3.8, 4) is 0 Å². The van der Waals surface area contributed by atoms with Crippen molar-refractivity contribution in [2.45, 2.75) is 65.7 Å². The Morgan fingerprint density at radius 1 is 1.03 bits per heavy atom. The van der Waals surface area contributed by atoms with Crippen molar-refractivity contribution in [2.24, 2.45) is 0 Å². The van der Waals surface area contributed by atoms with E-state index in [4.69, 9.17) is 4.74 Å². The van der Waals surface area contributed by atoms with Gasteiger partial charge in [0.25, 0.3) is 0 Å². The predicted octanol–water partition coefficient (Wildman–Crippen LogP) is 5.09. The molecule has 0 bridgehead atoms. The van der Waals surface area contributed by atoms with E-state index in [1.165, 1.54) is 15.6 Å². The summed E-state index contributed by atoms with van der Waals surface area (Å²) >= 11 is 1.36. The minimum absolute atomic E-state index is 0.113. The lowest BCUT2D eigenvalue weighted by Crippen LogP contribution is -2.30.